The van der Waals surface area contributed by atoms with Crippen LogP contribution in [0, 0.1) is 6.92 Å². The first-order valence-electron chi connectivity index (χ1n) is 13.5. The van der Waals surface area contributed by atoms with Crippen LogP contribution in [0.4, 0.5) is 5.69 Å². The molecule has 2 aromatic heterocycles. The number of amides is 2. The highest BCUT2D eigenvalue weighted by molar-refractivity contribution is 5.90. The van der Waals surface area contributed by atoms with Crippen molar-refractivity contribution in [3.05, 3.63) is 71.7 Å². The first-order valence-corrected chi connectivity index (χ1v) is 13.5. The number of aryl methyl sites for hydroxylation is 1. The number of benzene rings is 1. The molecule has 0 radical (unpaired) electrons. The van der Waals surface area contributed by atoms with Crippen LogP contribution in [0.2, 0.25) is 0 Å². The van der Waals surface area contributed by atoms with Crippen molar-refractivity contribution in [2.45, 2.75) is 39.7 Å². The number of nitrogens with zero attached hydrogens (tertiary/aromatic N) is 6. The van der Waals surface area contributed by atoms with Crippen LogP contribution in [-0.4, -0.2) is 83.6 Å². The van der Waals surface area contributed by atoms with E-state index in [-0.39, 0.29) is 23.1 Å². The van der Waals surface area contributed by atoms with E-state index in [2.05, 4.69) is 37.5 Å². The monoisotopic (exact) mass is 545 g/mol. The van der Waals surface area contributed by atoms with Gasteiger partial charge >= 0.3 is 0 Å². The number of piperazine rings is 1. The summed E-state index contributed by atoms with van der Waals surface area (Å²) in [6, 6.07) is 8.25. The van der Waals surface area contributed by atoms with E-state index < -0.39 is 0 Å². The van der Waals surface area contributed by atoms with Gasteiger partial charge in [0.15, 0.2) is 0 Å². The minimum Gasteiger partial charge on any atom is -0.366 e. The molecule has 1 fully saturated rings. The van der Waals surface area contributed by atoms with Gasteiger partial charge < -0.3 is 24.5 Å². The molecular formula is C30H39N7O3. The van der Waals surface area contributed by atoms with Gasteiger partial charge in [0.1, 0.15) is 0 Å². The van der Waals surface area contributed by atoms with E-state index >= 15 is 0 Å². The molecule has 3 aromatic rings. The molecule has 1 aromatic carbocycles. The van der Waals surface area contributed by atoms with Crippen molar-refractivity contribution in [3.63, 3.8) is 0 Å². The molecule has 212 valence electrons. The number of pyridine rings is 1. The van der Waals surface area contributed by atoms with Gasteiger partial charge in [0, 0.05) is 62.5 Å². The zero-order chi connectivity index (χ0) is 28.9. The molecule has 1 N–H and O–H groups in total. The molecule has 1 saturated heterocycles. The molecule has 0 unspecified atom stereocenters. The fourth-order valence-corrected chi connectivity index (χ4v) is 4.46. The lowest BCUT2D eigenvalue weighted by atomic mass is 9.97. The normalized spacial score (nSPS) is 14.3. The van der Waals surface area contributed by atoms with Crippen LogP contribution < -0.4 is 10.2 Å². The summed E-state index contributed by atoms with van der Waals surface area (Å²) >= 11 is 0. The number of carbonyl (C=O) groups is 2. The Kier molecular flexibility index (Phi) is 8.99. The predicted octanol–water partition coefficient (Wildman–Crippen LogP) is 3.43. The maximum atomic E-state index is 12.6. The average Bonchev–Trinajstić information content (AvgIpc) is 3.44. The molecule has 3 heterocycles. The van der Waals surface area contributed by atoms with Gasteiger partial charge in [-0.15, -0.1) is 0 Å². The Hall–Kier alpha value is -4.05. The third kappa shape index (κ3) is 7.12. The maximum Gasteiger partial charge on any atom is 0.292 e. The molecule has 0 aliphatic carbocycles. The van der Waals surface area contributed by atoms with Gasteiger partial charge in [-0.05, 0) is 43.8 Å². The quantitative estimate of drug-likeness (QED) is 0.429. The van der Waals surface area contributed by atoms with Crippen molar-refractivity contribution in [2.75, 3.05) is 51.7 Å². The van der Waals surface area contributed by atoms with Crippen LogP contribution in [0.1, 0.15) is 48.4 Å². The summed E-state index contributed by atoms with van der Waals surface area (Å²) in [7, 11) is 3.96. The third-order valence-corrected chi connectivity index (χ3v) is 6.83. The van der Waals surface area contributed by atoms with E-state index in [0.29, 0.717) is 25.5 Å². The summed E-state index contributed by atoms with van der Waals surface area (Å²) in [5.41, 5.74) is 4.94. The molecular weight excluding hydrogens is 506 g/mol. The van der Waals surface area contributed by atoms with Crippen LogP contribution >= 0.6 is 0 Å². The average molecular weight is 546 g/mol. The highest BCUT2D eigenvalue weighted by Gasteiger charge is 2.25. The molecule has 0 saturated carbocycles. The number of anilines is 1. The number of hydrogen-bond acceptors (Lipinski definition) is 8. The van der Waals surface area contributed by atoms with Gasteiger partial charge in [0.05, 0.1) is 11.9 Å². The summed E-state index contributed by atoms with van der Waals surface area (Å²) in [4.78, 5) is 40.0. The van der Waals surface area contributed by atoms with E-state index in [1.54, 1.807) is 12.3 Å². The number of aromatic nitrogens is 3. The van der Waals surface area contributed by atoms with Crippen LogP contribution in [0.25, 0.3) is 11.1 Å². The topological polar surface area (TPSA) is 108 Å². The molecule has 1 aliphatic heterocycles. The second-order valence-electron chi connectivity index (χ2n) is 11.4. The van der Waals surface area contributed by atoms with Crippen molar-refractivity contribution < 1.29 is 14.1 Å². The van der Waals surface area contributed by atoms with Crippen LogP contribution in [0.5, 0.6) is 0 Å². The molecule has 2 amide bonds. The summed E-state index contributed by atoms with van der Waals surface area (Å²) in [6.45, 7) is 11.8. The lowest BCUT2D eigenvalue weighted by molar-refractivity contribution is -0.126. The second-order valence-corrected chi connectivity index (χ2v) is 11.4. The number of likely N-dealkylation sites (N-methyl/N-ethyl adjacent to an activating group) is 1. The van der Waals surface area contributed by atoms with Gasteiger partial charge in [-0.3, -0.25) is 14.6 Å². The molecule has 4 rings (SSSR count). The Bertz CT molecular complexity index is 1370. The predicted molar refractivity (Wildman–Crippen MR) is 155 cm³/mol. The van der Waals surface area contributed by atoms with E-state index in [1.807, 2.05) is 76.0 Å². The minimum atomic E-state index is -0.370. The van der Waals surface area contributed by atoms with E-state index in [9.17, 15) is 9.59 Å². The lowest BCUT2D eigenvalue weighted by Gasteiger charge is -2.36. The molecule has 0 atom stereocenters. The third-order valence-electron chi connectivity index (χ3n) is 6.83. The number of carbonyl (C=O) groups excluding carboxylic acids is 2. The van der Waals surface area contributed by atoms with Crippen molar-refractivity contribution in [2.24, 2.45) is 0 Å². The maximum absolute atomic E-state index is 12.6. The Balaban J connectivity index is 1.40. The van der Waals surface area contributed by atoms with Gasteiger partial charge in [-0.2, -0.15) is 4.98 Å². The van der Waals surface area contributed by atoms with Crippen molar-refractivity contribution in [1.29, 1.82) is 0 Å². The number of rotatable bonds is 8. The lowest BCUT2D eigenvalue weighted by Crippen LogP contribution is -2.48. The molecule has 10 heteroatoms. The minimum absolute atomic E-state index is 0.0343. The van der Waals surface area contributed by atoms with E-state index in [4.69, 9.17) is 4.52 Å². The fraction of sp³-hybridized carbons (Fsp3) is 0.433. The molecule has 40 heavy (non-hydrogen) atoms. The molecule has 10 nitrogen and oxygen atoms in total. The van der Waals surface area contributed by atoms with Gasteiger partial charge in [0.25, 0.3) is 11.7 Å². The van der Waals surface area contributed by atoms with E-state index in [0.717, 1.165) is 47.6 Å². The van der Waals surface area contributed by atoms with Crippen molar-refractivity contribution in [3.8, 4) is 11.1 Å². The molecule has 0 spiro atoms. The van der Waals surface area contributed by atoms with Crippen molar-refractivity contribution >= 4 is 17.5 Å². The highest BCUT2D eigenvalue weighted by Crippen LogP contribution is 2.32. The summed E-state index contributed by atoms with van der Waals surface area (Å²) in [5.74, 6) is 0.147. The van der Waals surface area contributed by atoms with Gasteiger partial charge in [-0.1, -0.05) is 50.2 Å². The number of hydrogen-bond donors (Lipinski definition) is 1. The molecule has 0 bridgehead atoms. The summed E-state index contributed by atoms with van der Waals surface area (Å²) in [5, 5.41) is 6.72. The van der Waals surface area contributed by atoms with Gasteiger partial charge in [-0.25, -0.2) is 0 Å². The summed E-state index contributed by atoms with van der Waals surface area (Å²) < 4.78 is 5.24. The van der Waals surface area contributed by atoms with Crippen molar-refractivity contribution in [1.82, 2.24) is 30.2 Å². The smallest absolute Gasteiger partial charge is 0.292 e. The largest absolute Gasteiger partial charge is 0.366 e. The van der Waals surface area contributed by atoms with E-state index in [1.165, 1.54) is 0 Å². The standard InChI is InChI=1S/C30H39N7O3/c1-21-18-22(9-10-23(21)19-32-28(39)27-33-29(40-34-27)30(2,3)4)24-11-12-31-20-25(24)36-14-16-37(17-15-36)26(38)8-7-13-35(5)6/h7-12,18,20H,13-17,19H2,1-6H3,(H,32,39). The number of nitrogens with one attached hydrogen (secondary N) is 1. The first-order chi connectivity index (χ1) is 19.0. The Labute approximate surface area is 236 Å². The molecule has 1 aliphatic rings. The zero-order valence-electron chi connectivity index (χ0n) is 24.3. The Morgan fingerprint density at radius 3 is 2.52 bits per heavy atom. The highest BCUT2D eigenvalue weighted by atomic mass is 16.5. The van der Waals surface area contributed by atoms with Gasteiger partial charge in [0.2, 0.25) is 11.8 Å². The van der Waals surface area contributed by atoms with Crippen LogP contribution in [0.15, 0.2) is 53.3 Å². The first kappa shape index (κ1) is 28.9. The van der Waals surface area contributed by atoms with Crippen LogP contribution in [-0.2, 0) is 16.8 Å². The zero-order valence-corrected chi connectivity index (χ0v) is 24.3. The SMILES string of the molecule is Cc1cc(-c2ccncc2N2CCN(C(=O)C=CCN(C)C)CC2)ccc1CNC(=O)c1noc(C(C)(C)C)n1. The fourth-order valence-electron chi connectivity index (χ4n) is 4.46. The Morgan fingerprint density at radius 2 is 1.88 bits per heavy atom. The second kappa shape index (κ2) is 12.4. The summed E-state index contributed by atoms with van der Waals surface area (Å²) in [6.07, 6.45) is 7.26. The Morgan fingerprint density at radius 1 is 1.12 bits per heavy atom. The van der Waals surface area contributed by atoms with Crippen LogP contribution in [0.3, 0.4) is 0 Å².